The molecule has 0 aliphatic heterocycles. The minimum absolute atomic E-state index is 0.197. The monoisotopic (exact) mass is 157 g/mol. The van der Waals surface area contributed by atoms with Gasteiger partial charge < -0.3 is 0 Å². The maximum Gasteiger partial charge on any atom is 0.253 e. The van der Waals surface area contributed by atoms with Gasteiger partial charge in [-0.1, -0.05) is 0 Å². The van der Waals surface area contributed by atoms with E-state index < -0.39 is 0 Å². The Bertz CT molecular complexity index is 179. The molecule has 0 aliphatic rings. The first-order chi connectivity index (χ1) is 4.95. The summed E-state index contributed by atoms with van der Waals surface area (Å²) in [7, 11) is 7.77. The van der Waals surface area contributed by atoms with Gasteiger partial charge in [-0.05, 0) is 6.92 Å². The summed E-state index contributed by atoms with van der Waals surface area (Å²) in [5.41, 5.74) is 0. The van der Waals surface area contributed by atoms with E-state index in [1.165, 1.54) is 0 Å². The first-order valence-electron chi connectivity index (χ1n) is 3.65. The van der Waals surface area contributed by atoms with Crippen LogP contribution in [0.5, 0.6) is 0 Å². The maximum absolute atomic E-state index is 10.8. The molecule has 0 unspecified atom stereocenters. The van der Waals surface area contributed by atoms with Crippen molar-refractivity contribution >= 4 is 11.6 Å². The van der Waals surface area contributed by atoms with Gasteiger partial charge >= 0.3 is 0 Å². The topological polar surface area (TPSA) is 23.3 Å². The Hall–Kier alpha value is -0.860. The zero-order chi connectivity index (χ0) is 9.02. The first-order valence-corrected chi connectivity index (χ1v) is 3.65. The molecule has 0 heterocycles. The molecule has 0 bridgehead atoms. The second-order valence-corrected chi connectivity index (χ2v) is 3.08. The molecule has 0 aromatic carbocycles. The molecule has 0 atom stereocenters. The van der Waals surface area contributed by atoms with Crippen LogP contribution in [-0.4, -0.2) is 49.3 Å². The Kier molecular flexibility index (Phi) is 3.79. The predicted molar refractivity (Wildman–Crippen MR) is 46.1 cm³/mol. The summed E-state index contributed by atoms with van der Waals surface area (Å²) < 4.78 is 1.96. The average Bonchev–Trinajstić information content (AvgIpc) is 1.81. The molecular formula is C8H17N2O+. The number of nitrogens with zero attached hydrogens (tertiary/aromatic N) is 2. The zero-order valence-electron chi connectivity index (χ0n) is 8.01. The molecule has 0 aliphatic carbocycles. The van der Waals surface area contributed by atoms with E-state index in [1.807, 2.05) is 37.7 Å². The fourth-order valence-corrected chi connectivity index (χ4v) is 0.939. The van der Waals surface area contributed by atoms with Gasteiger partial charge in [-0.3, -0.25) is 14.3 Å². The van der Waals surface area contributed by atoms with Crippen LogP contribution >= 0.6 is 0 Å². The normalized spacial score (nSPS) is 9.18. The smallest absolute Gasteiger partial charge is 0.253 e. The lowest BCUT2D eigenvalue weighted by molar-refractivity contribution is -0.470. The molecule has 3 heteroatoms. The van der Waals surface area contributed by atoms with Crippen molar-refractivity contribution < 1.29 is 9.37 Å². The van der Waals surface area contributed by atoms with Crippen molar-refractivity contribution in [3.8, 4) is 0 Å². The molecule has 0 radical (unpaired) electrons. The highest BCUT2D eigenvalue weighted by molar-refractivity contribution is 5.97. The van der Waals surface area contributed by atoms with Crippen molar-refractivity contribution in [2.45, 2.75) is 13.3 Å². The Morgan fingerprint density at radius 2 is 1.82 bits per heavy atom. The number of hydrogen-bond donors (Lipinski definition) is 0. The van der Waals surface area contributed by atoms with E-state index in [9.17, 15) is 4.79 Å². The van der Waals surface area contributed by atoms with E-state index >= 15 is 0 Å². The summed E-state index contributed by atoms with van der Waals surface area (Å²) in [4.78, 5) is 12.7. The van der Waals surface area contributed by atoms with Crippen molar-refractivity contribution in [3.63, 3.8) is 0 Å². The average molecular weight is 157 g/mol. The second-order valence-electron chi connectivity index (χ2n) is 3.08. The van der Waals surface area contributed by atoms with Gasteiger partial charge in [-0.25, -0.2) is 0 Å². The molecule has 0 fully saturated rings. The van der Waals surface area contributed by atoms with Crippen LogP contribution in [0.4, 0.5) is 0 Å². The van der Waals surface area contributed by atoms with Crippen LogP contribution < -0.4 is 0 Å². The van der Waals surface area contributed by atoms with Crippen molar-refractivity contribution in [2.75, 3.05) is 28.2 Å². The predicted octanol–water partition coefficient (Wildman–Crippen LogP) is 0.198. The van der Waals surface area contributed by atoms with Crippen LogP contribution in [0, 0.1) is 0 Å². The van der Waals surface area contributed by atoms with Crippen LogP contribution in [0.25, 0.3) is 0 Å². The van der Waals surface area contributed by atoms with Gasteiger partial charge in [0, 0.05) is 0 Å². The lowest BCUT2D eigenvalue weighted by Crippen LogP contribution is -2.31. The van der Waals surface area contributed by atoms with E-state index in [0.717, 1.165) is 5.84 Å². The summed E-state index contributed by atoms with van der Waals surface area (Å²) in [6.07, 6.45) is 0.514. The SMILES string of the molecule is CC(=O)CC(N(C)C)=[N+](C)C. The van der Waals surface area contributed by atoms with Gasteiger partial charge in [0.15, 0.2) is 0 Å². The van der Waals surface area contributed by atoms with Gasteiger partial charge in [0.05, 0.1) is 28.2 Å². The quantitative estimate of drug-likeness (QED) is 0.325. The van der Waals surface area contributed by atoms with E-state index in [0.29, 0.717) is 6.42 Å². The number of hydrogen-bond acceptors (Lipinski definition) is 1. The minimum atomic E-state index is 0.197. The molecule has 0 N–H and O–H groups in total. The number of Topliss-reactive ketones (excluding diaryl/α,β-unsaturated/α-hetero) is 1. The molecular weight excluding hydrogens is 140 g/mol. The van der Waals surface area contributed by atoms with Crippen molar-refractivity contribution in [3.05, 3.63) is 0 Å². The zero-order valence-corrected chi connectivity index (χ0v) is 8.01. The van der Waals surface area contributed by atoms with Crippen molar-refractivity contribution in [1.29, 1.82) is 0 Å². The van der Waals surface area contributed by atoms with Crippen LogP contribution in [0.3, 0.4) is 0 Å². The summed E-state index contributed by atoms with van der Waals surface area (Å²) in [6.45, 7) is 1.60. The maximum atomic E-state index is 10.8. The number of rotatable bonds is 2. The molecule has 0 rings (SSSR count). The van der Waals surface area contributed by atoms with Gasteiger partial charge in [0.2, 0.25) is 0 Å². The highest BCUT2D eigenvalue weighted by Gasteiger charge is 2.12. The third-order valence-electron chi connectivity index (χ3n) is 1.44. The van der Waals surface area contributed by atoms with Crippen molar-refractivity contribution in [2.24, 2.45) is 0 Å². The minimum Gasteiger partial charge on any atom is -0.299 e. The summed E-state index contributed by atoms with van der Waals surface area (Å²) in [6, 6.07) is 0. The van der Waals surface area contributed by atoms with E-state index in [-0.39, 0.29) is 5.78 Å². The van der Waals surface area contributed by atoms with E-state index in [1.54, 1.807) is 6.92 Å². The third-order valence-corrected chi connectivity index (χ3v) is 1.44. The molecule has 11 heavy (non-hydrogen) atoms. The Morgan fingerprint density at radius 3 is 1.91 bits per heavy atom. The van der Waals surface area contributed by atoms with Gasteiger partial charge in [0.25, 0.3) is 5.84 Å². The first kappa shape index (κ1) is 10.1. The second kappa shape index (κ2) is 4.11. The molecule has 64 valence electrons. The largest absolute Gasteiger partial charge is 0.299 e. The molecule has 3 nitrogen and oxygen atoms in total. The summed E-state index contributed by atoms with van der Waals surface area (Å²) >= 11 is 0. The summed E-state index contributed by atoms with van der Waals surface area (Å²) in [5.74, 6) is 1.24. The van der Waals surface area contributed by atoms with Crippen LogP contribution in [-0.2, 0) is 4.79 Å². The highest BCUT2D eigenvalue weighted by atomic mass is 16.1. The molecule has 0 aromatic heterocycles. The number of amidine groups is 1. The number of carbonyl (C=O) groups excluding carboxylic acids is 1. The molecule has 0 saturated carbocycles. The van der Waals surface area contributed by atoms with Crippen LogP contribution in [0.15, 0.2) is 0 Å². The lowest BCUT2D eigenvalue weighted by atomic mass is 10.3. The Balaban J connectivity index is 4.38. The fraction of sp³-hybridized carbons (Fsp3) is 0.750. The Morgan fingerprint density at radius 1 is 1.36 bits per heavy atom. The van der Waals surface area contributed by atoms with Gasteiger partial charge in [0.1, 0.15) is 12.2 Å². The van der Waals surface area contributed by atoms with Gasteiger partial charge in [-0.2, -0.15) is 0 Å². The fourth-order valence-electron chi connectivity index (χ4n) is 0.939. The third kappa shape index (κ3) is 3.75. The molecule has 0 saturated heterocycles. The standard InChI is InChI=1S/C8H17N2O/c1-7(11)6-8(9(2)3)10(4)5/h6H2,1-5H3/q+1. The van der Waals surface area contributed by atoms with Gasteiger partial charge in [-0.15, -0.1) is 0 Å². The number of ketones is 1. The van der Waals surface area contributed by atoms with Crippen LogP contribution in [0.1, 0.15) is 13.3 Å². The van der Waals surface area contributed by atoms with Crippen molar-refractivity contribution in [1.82, 2.24) is 4.90 Å². The summed E-state index contributed by atoms with van der Waals surface area (Å²) in [5, 5.41) is 0. The molecule has 0 amide bonds. The van der Waals surface area contributed by atoms with Crippen LogP contribution in [0.2, 0.25) is 0 Å². The molecule has 0 aromatic rings. The Labute approximate surface area is 68.3 Å². The van der Waals surface area contributed by atoms with E-state index in [4.69, 9.17) is 0 Å². The highest BCUT2D eigenvalue weighted by Crippen LogP contribution is 1.90. The lowest BCUT2D eigenvalue weighted by Gasteiger charge is -2.09. The number of carbonyl (C=O) groups is 1. The van der Waals surface area contributed by atoms with E-state index in [2.05, 4.69) is 0 Å². The molecule has 0 spiro atoms.